The van der Waals surface area contributed by atoms with Gasteiger partial charge < -0.3 is 9.73 Å². The third-order valence-corrected chi connectivity index (χ3v) is 2.97. The Hall–Kier alpha value is -1.54. The quantitative estimate of drug-likeness (QED) is 0.859. The Morgan fingerprint density at radius 2 is 1.94 bits per heavy atom. The fourth-order valence-corrected chi connectivity index (χ4v) is 1.99. The summed E-state index contributed by atoms with van der Waals surface area (Å²) >= 11 is 0. The van der Waals surface area contributed by atoms with E-state index in [0.717, 1.165) is 18.1 Å². The highest BCUT2D eigenvalue weighted by Gasteiger charge is 2.11. The van der Waals surface area contributed by atoms with E-state index in [1.165, 1.54) is 11.1 Å². The number of rotatable bonds is 4. The number of aryl methyl sites for hydroxylation is 1. The molecule has 1 aromatic carbocycles. The number of hydrogen-bond acceptors (Lipinski definition) is 2. The van der Waals surface area contributed by atoms with Gasteiger partial charge in [0.15, 0.2) is 0 Å². The average molecular weight is 229 g/mol. The van der Waals surface area contributed by atoms with E-state index in [1.807, 2.05) is 18.2 Å². The number of benzene rings is 1. The molecule has 0 spiro atoms. The van der Waals surface area contributed by atoms with Crippen LogP contribution >= 0.6 is 0 Å². The van der Waals surface area contributed by atoms with Crippen LogP contribution in [0.5, 0.6) is 0 Å². The summed E-state index contributed by atoms with van der Waals surface area (Å²) in [5.74, 6) is 1.94. The van der Waals surface area contributed by atoms with Crippen molar-refractivity contribution in [3.05, 3.63) is 47.7 Å². The summed E-state index contributed by atoms with van der Waals surface area (Å²) in [5.41, 5.74) is 2.41. The molecule has 0 saturated heterocycles. The minimum atomic E-state index is 0.262. The van der Waals surface area contributed by atoms with E-state index < -0.39 is 0 Å². The Morgan fingerprint density at radius 1 is 1.18 bits per heavy atom. The molecule has 0 saturated carbocycles. The second-order valence-corrected chi connectivity index (χ2v) is 4.30. The molecule has 90 valence electrons. The minimum Gasteiger partial charge on any atom is -0.459 e. The lowest BCUT2D eigenvalue weighted by Gasteiger charge is -2.08. The van der Waals surface area contributed by atoms with Crippen LogP contribution in [0.25, 0.3) is 11.3 Å². The summed E-state index contributed by atoms with van der Waals surface area (Å²) in [4.78, 5) is 0. The summed E-state index contributed by atoms with van der Waals surface area (Å²) in [6, 6.07) is 12.6. The van der Waals surface area contributed by atoms with Crippen LogP contribution in [0, 0.1) is 6.92 Å². The first-order valence-electron chi connectivity index (χ1n) is 6.11. The van der Waals surface area contributed by atoms with E-state index in [4.69, 9.17) is 4.42 Å². The maximum Gasteiger partial charge on any atom is 0.134 e. The first kappa shape index (κ1) is 11.9. The molecule has 17 heavy (non-hydrogen) atoms. The Bertz CT molecular complexity index is 487. The van der Waals surface area contributed by atoms with E-state index in [9.17, 15) is 0 Å². The molecular formula is C15H19NO. The van der Waals surface area contributed by atoms with Crippen molar-refractivity contribution in [3.63, 3.8) is 0 Å². The monoisotopic (exact) mass is 229 g/mol. The van der Waals surface area contributed by atoms with Crippen LogP contribution in [-0.4, -0.2) is 6.54 Å². The molecule has 0 aliphatic heterocycles. The number of hydrogen-bond donors (Lipinski definition) is 1. The molecule has 0 radical (unpaired) electrons. The summed E-state index contributed by atoms with van der Waals surface area (Å²) in [7, 11) is 0. The smallest absolute Gasteiger partial charge is 0.134 e. The van der Waals surface area contributed by atoms with E-state index >= 15 is 0 Å². The van der Waals surface area contributed by atoms with Gasteiger partial charge in [0.25, 0.3) is 0 Å². The molecule has 1 unspecified atom stereocenters. The van der Waals surface area contributed by atoms with E-state index in [1.54, 1.807) is 0 Å². The van der Waals surface area contributed by atoms with Crippen molar-refractivity contribution >= 4 is 0 Å². The molecule has 0 aliphatic rings. The van der Waals surface area contributed by atoms with Gasteiger partial charge in [-0.25, -0.2) is 0 Å². The van der Waals surface area contributed by atoms with Gasteiger partial charge >= 0.3 is 0 Å². The molecule has 0 bridgehead atoms. The van der Waals surface area contributed by atoms with E-state index in [-0.39, 0.29) is 6.04 Å². The van der Waals surface area contributed by atoms with Crippen molar-refractivity contribution in [3.8, 4) is 11.3 Å². The zero-order valence-electron chi connectivity index (χ0n) is 10.7. The van der Waals surface area contributed by atoms with E-state index in [0.29, 0.717) is 0 Å². The molecule has 1 heterocycles. The van der Waals surface area contributed by atoms with Crippen LogP contribution < -0.4 is 5.32 Å². The van der Waals surface area contributed by atoms with Crippen molar-refractivity contribution in [1.29, 1.82) is 0 Å². The van der Waals surface area contributed by atoms with Crippen molar-refractivity contribution in [1.82, 2.24) is 5.32 Å². The largest absolute Gasteiger partial charge is 0.459 e. The Balaban J connectivity index is 2.27. The molecule has 0 amide bonds. The fourth-order valence-electron chi connectivity index (χ4n) is 1.99. The molecule has 0 fully saturated rings. The maximum atomic E-state index is 5.90. The van der Waals surface area contributed by atoms with Crippen LogP contribution in [-0.2, 0) is 0 Å². The average Bonchev–Trinajstić information content (AvgIpc) is 2.79. The first-order valence-corrected chi connectivity index (χ1v) is 6.11. The van der Waals surface area contributed by atoms with Crippen molar-refractivity contribution in [2.24, 2.45) is 0 Å². The molecule has 2 rings (SSSR count). The van der Waals surface area contributed by atoms with Crippen molar-refractivity contribution in [2.75, 3.05) is 6.54 Å². The van der Waals surface area contributed by atoms with Crippen LogP contribution in [0.2, 0.25) is 0 Å². The lowest BCUT2D eigenvalue weighted by atomic mass is 10.1. The molecule has 1 atom stereocenters. The minimum absolute atomic E-state index is 0.262. The third kappa shape index (κ3) is 2.59. The second kappa shape index (κ2) is 5.19. The molecule has 2 nitrogen and oxygen atoms in total. The first-order chi connectivity index (χ1) is 8.22. The Morgan fingerprint density at radius 3 is 2.65 bits per heavy atom. The van der Waals surface area contributed by atoms with Gasteiger partial charge in [-0.05, 0) is 38.1 Å². The summed E-state index contributed by atoms with van der Waals surface area (Å²) in [5, 5.41) is 3.35. The zero-order valence-corrected chi connectivity index (χ0v) is 10.7. The SMILES string of the molecule is CCNC(C)c1ccc(-c2ccccc2C)o1. The van der Waals surface area contributed by atoms with Gasteiger partial charge in [0.2, 0.25) is 0 Å². The summed E-state index contributed by atoms with van der Waals surface area (Å²) < 4.78 is 5.90. The number of furan rings is 1. The summed E-state index contributed by atoms with van der Waals surface area (Å²) in [6.45, 7) is 7.26. The summed E-state index contributed by atoms with van der Waals surface area (Å²) in [6.07, 6.45) is 0. The molecule has 0 aliphatic carbocycles. The van der Waals surface area contributed by atoms with E-state index in [2.05, 4.69) is 44.3 Å². The van der Waals surface area contributed by atoms with Crippen LogP contribution in [0.4, 0.5) is 0 Å². The van der Waals surface area contributed by atoms with Gasteiger partial charge in [-0.1, -0.05) is 31.2 Å². The topological polar surface area (TPSA) is 25.2 Å². The second-order valence-electron chi connectivity index (χ2n) is 4.30. The van der Waals surface area contributed by atoms with Gasteiger partial charge in [-0.15, -0.1) is 0 Å². The van der Waals surface area contributed by atoms with Crippen molar-refractivity contribution < 1.29 is 4.42 Å². The standard InChI is InChI=1S/C15H19NO/c1-4-16-12(3)14-9-10-15(17-14)13-8-6-5-7-11(13)2/h5-10,12,16H,4H2,1-3H3. The molecule has 1 N–H and O–H groups in total. The molecule has 2 heteroatoms. The highest BCUT2D eigenvalue weighted by molar-refractivity contribution is 5.61. The Kier molecular flexibility index (Phi) is 3.64. The fraction of sp³-hybridized carbons (Fsp3) is 0.333. The van der Waals surface area contributed by atoms with Crippen LogP contribution in [0.15, 0.2) is 40.8 Å². The van der Waals surface area contributed by atoms with Crippen LogP contribution in [0.3, 0.4) is 0 Å². The van der Waals surface area contributed by atoms with Gasteiger partial charge in [0.05, 0.1) is 6.04 Å². The lowest BCUT2D eigenvalue weighted by Crippen LogP contribution is -2.16. The lowest BCUT2D eigenvalue weighted by molar-refractivity contribution is 0.445. The predicted molar refractivity (Wildman–Crippen MR) is 71.0 cm³/mol. The molecule has 2 aromatic rings. The highest BCUT2D eigenvalue weighted by Crippen LogP contribution is 2.27. The molecular weight excluding hydrogens is 210 g/mol. The van der Waals surface area contributed by atoms with Crippen molar-refractivity contribution in [2.45, 2.75) is 26.8 Å². The van der Waals surface area contributed by atoms with Gasteiger partial charge in [-0.2, -0.15) is 0 Å². The Labute approximate surface area is 103 Å². The van der Waals surface area contributed by atoms with Gasteiger partial charge in [0, 0.05) is 5.56 Å². The molecule has 1 aromatic heterocycles. The van der Waals surface area contributed by atoms with Crippen LogP contribution in [0.1, 0.15) is 31.2 Å². The van der Waals surface area contributed by atoms with Gasteiger partial charge in [0.1, 0.15) is 11.5 Å². The number of nitrogens with one attached hydrogen (secondary N) is 1. The third-order valence-electron chi connectivity index (χ3n) is 2.97. The maximum absolute atomic E-state index is 5.90. The normalized spacial score (nSPS) is 12.6. The predicted octanol–water partition coefficient (Wildman–Crippen LogP) is 3.93. The highest BCUT2D eigenvalue weighted by atomic mass is 16.3. The zero-order chi connectivity index (χ0) is 12.3. The van der Waals surface area contributed by atoms with Gasteiger partial charge in [-0.3, -0.25) is 0 Å².